The normalized spacial score (nSPS) is 24.2. The average Bonchev–Trinajstić information content (AvgIpc) is 2.83. The van der Waals surface area contributed by atoms with Gasteiger partial charge >= 0.3 is 0 Å². The summed E-state index contributed by atoms with van der Waals surface area (Å²) in [6.07, 6.45) is 0.843. The molecule has 0 aliphatic carbocycles. The summed E-state index contributed by atoms with van der Waals surface area (Å²) in [6.45, 7) is 2.94. The number of carbonyl (C=O) groups excluding carboxylic acids is 1. The molecule has 0 saturated carbocycles. The molecule has 0 bridgehead atoms. The highest BCUT2D eigenvalue weighted by atomic mass is 79.9. The topological polar surface area (TPSA) is 64.3 Å². The Hall–Kier alpha value is -0.910. The average molecular weight is 327 g/mol. The lowest BCUT2D eigenvalue weighted by Crippen LogP contribution is -2.42. The highest BCUT2D eigenvalue weighted by molar-refractivity contribution is 9.10. The first-order valence-corrected chi connectivity index (χ1v) is 7.30. The number of rotatable bonds is 4. The van der Waals surface area contributed by atoms with Gasteiger partial charge < -0.3 is 15.8 Å². The second-order valence-corrected chi connectivity index (χ2v) is 5.74. The van der Waals surface area contributed by atoms with E-state index in [2.05, 4.69) is 28.2 Å². The first-order valence-electron chi connectivity index (χ1n) is 6.51. The molecule has 1 heterocycles. The fourth-order valence-electron chi connectivity index (χ4n) is 2.24. The van der Waals surface area contributed by atoms with Gasteiger partial charge in [-0.1, -0.05) is 35.0 Å². The van der Waals surface area contributed by atoms with Crippen LogP contribution in [0.15, 0.2) is 28.7 Å². The molecule has 1 aromatic carbocycles. The summed E-state index contributed by atoms with van der Waals surface area (Å²) in [5, 5.41) is 3.06. The van der Waals surface area contributed by atoms with E-state index in [1.807, 2.05) is 24.3 Å². The van der Waals surface area contributed by atoms with E-state index in [4.69, 9.17) is 10.5 Å². The molecule has 1 aromatic rings. The molecule has 1 fully saturated rings. The molecule has 1 amide bonds. The van der Waals surface area contributed by atoms with Crippen molar-refractivity contribution in [3.05, 3.63) is 34.3 Å². The number of nitrogens with one attached hydrogen (secondary N) is 1. The van der Waals surface area contributed by atoms with Gasteiger partial charge in [0.15, 0.2) is 0 Å². The SMILES string of the molecule is CCC(NC(=O)C1COCC1N)c1ccc(Br)cc1. The Bertz CT molecular complexity index is 436. The van der Waals surface area contributed by atoms with E-state index in [0.29, 0.717) is 13.2 Å². The fraction of sp³-hybridized carbons (Fsp3) is 0.500. The van der Waals surface area contributed by atoms with Gasteiger partial charge in [-0.2, -0.15) is 0 Å². The van der Waals surface area contributed by atoms with E-state index in [0.717, 1.165) is 16.5 Å². The van der Waals surface area contributed by atoms with Crippen molar-refractivity contribution in [1.82, 2.24) is 5.32 Å². The lowest BCUT2D eigenvalue weighted by Gasteiger charge is -2.21. The third-order valence-corrected chi connectivity index (χ3v) is 3.99. The Balaban J connectivity index is 2.02. The minimum atomic E-state index is -0.232. The van der Waals surface area contributed by atoms with E-state index in [-0.39, 0.29) is 23.9 Å². The van der Waals surface area contributed by atoms with Crippen LogP contribution in [0.2, 0.25) is 0 Å². The molecule has 19 heavy (non-hydrogen) atoms. The Morgan fingerprint density at radius 3 is 2.68 bits per heavy atom. The summed E-state index contributed by atoms with van der Waals surface area (Å²) < 4.78 is 6.27. The van der Waals surface area contributed by atoms with Crippen molar-refractivity contribution in [2.45, 2.75) is 25.4 Å². The monoisotopic (exact) mass is 326 g/mol. The Kier molecular flexibility index (Phi) is 4.96. The molecule has 0 spiro atoms. The van der Waals surface area contributed by atoms with Gasteiger partial charge in [-0.3, -0.25) is 4.79 Å². The predicted molar refractivity (Wildman–Crippen MR) is 77.6 cm³/mol. The van der Waals surface area contributed by atoms with Crippen molar-refractivity contribution in [3.63, 3.8) is 0 Å². The van der Waals surface area contributed by atoms with Gasteiger partial charge in [0.25, 0.3) is 0 Å². The molecule has 0 radical (unpaired) electrons. The third kappa shape index (κ3) is 3.55. The molecule has 1 aliphatic rings. The minimum Gasteiger partial charge on any atom is -0.379 e. The smallest absolute Gasteiger partial charge is 0.227 e. The highest BCUT2D eigenvalue weighted by Gasteiger charge is 2.32. The zero-order valence-corrected chi connectivity index (χ0v) is 12.5. The molecular weight excluding hydrogens is 308 g/mol. The number of benzene rings is 1. The Morgan fingerprint density at radius 1 is 1.47 bits per heavy atom. The lowest BCUT2D eigenvalue weighted by molar-refractivity contribution is -0.126. The van der Waals surface area contributed by atoms with Gasteiger partial charge in [-0.05, 0) is 24.1 Å². The van der Waals surface area contributed by atoms with Crippen LogP contribution in [0.3, 0.4) is 0 Å². The van der Waals surface area contributed by atoms with Crippen LogP contribution in [0.25, 0.3) is 0 Å². The van der Waals surface area contributed by atoms with Crippen molar-refractivity contribution < 1.29 is 9.53 Å². The number of halogens is 1. The number of amides is 1. The van der Waals surface area contributed by atoms with Crippen LogP contribution in [-0.2, 0) is 9.53 Å². The molecule has 5 heteroatoms. The first-order chi connectivity index (χ1) is 9.11. The van der Waals surface area contributed by atoms with Crippen molar-refractivity contribution in [2.24, 2.45) is 11.7 Å². The molecule has 2 rings (SSSR count). The maximum atomic E-state index is 12.2. The number of carbonyl (C=O) groups is 1. The summed E-state index contributed by atoms with van der Waals surface area (Å²) in [6, 6.07) is 7.83. The zero-order valence-electron chi connectivity index (χ0n) is 10.9. The van der Waals surface area contributed by atoms with Crippen LogP contribution in [0.1, 0.15) is 24.9 Å². The van der Waals surface area contributed by atoms with Crippen LogP contribution in [0, 0.1) is 5.92 Å². The van der Waals surface area contributed by atoms with Crippen molar-refractivity contribution in [1.29, 1.82) is 0 Å². The lowest BCUT2D eigenvalue weighted by atomic mass is 10.0. The molecular formula is C14H19BrN2O2. The second kappa shape index (κ2) is 6.50. The van der Waals surface area contributed by atoms with Crippen LogP contribution < -0.4 is 11.1 Å². The first kappa shape index (κ1) is 14.5. The molecule has 3 unspecified atom stereocenters. The van der Waals surface area contributed by atoms with Gasteiger partial charge in [0, 0.05) is 10.5 Å². The quantitative estimate of drug-likeness (QED) is 0.889. The molecule has 3 N–H and O–H groups in total. The number of ether oxygens (including phenoxy) is 1. The molecule has 1 aliphatic heterocycles. The second-order valence-electron chi connectivity index (χ2n) is 4.83. The standard InChI is InChI=1S/C14H19BrN2O2/c1-2-13(9-3-5-10(15)6-4-9)17-14(18)11-7-19-8-12(11)16/h3-6,11-13H,2,7-8,16H2,1H3,(H,17,18). The van der Waals surface area contributed by atoms with Gasteiger partial charge in [-0.25, -0.2) is 0 Å². The largest absolute Gasteiger partial charge is 0.379 e. The summed E-state index contributed by atoms with van der Waals surface area (Å²) in [7, 11) is 0. The van der Waals surface area contributed by atoms with Crippen LogP contribution in [0.5, 0.6) is 0 Å². The highest BCUT2D eigenvalue weighted by Crippen LogP contribution is 2.21. The summed E-state index contributed by atoms with van der Waals surface area (Å²) in [5.41, 5.74) is 6.97. The van der Waals surface area contributed by atoms with Gasteiger partial charge in [0.2, 0.25) is 5.91 Å². The molecule has 4 nitrogen and oxygen atoms in total. The van der Waals surface area contributed by atoms with E-state index < -0.39 is 0 Å². The summed E-state index contributed by atoms with van der Waals surface area (Å²) >= 11 is 3.41. The Morgan fingerprint density at radius 2 is 2.16 bits per heavy atom. The summed E-state index contributed by atoms with van der Waals surface area (Å²) in [4.78, 5) is 12.2. The van der Waals surface area contributed by atoms with E-state index in [1.165, 1.54) is 0 Å². The van der Waals surface area contributed by atoms with Gasteiger partial charge in [0.1, 0.15) is 0 Å². The molecule has 104 valence electrons. The Labute approximate surface area is 121 Å². The molecule has 1 saturated heterocycles. The van der Waals surface area contributed by atoms with Crippen molar-refractivity contribution in [2.75, 3.05) is 13.2 Å². The van der Waals surface area contributed by atoms with E-state index in [9.17, 15) is 4.79 Å². The van der Waals surface area contributed by atoms with Gasteiger partial charge in [0.05, 0.1) is 25.2 Å². The summed E-state index contributed by atoms with van der Waals surface area (Å²) in [5.74, 6) is -0.246. The number of nitrogens with two attached hydrogens (primary N) is 1. The third-order valence-electron chi connectivity index (χ3n) is 3.46. The molecule has 3 atom stereocenters. The van der Waals surface area contributed by atoms with Gasteiger partial charge in [-0.15, -0.1) is 0 Å². The van der Waals surface area contributed by atoms with Crippen LogP contribution in [-0.4, -0.2) is 25.2 Å². The van der Waals surface area contributed by atoms with E-state index in [1.54, 1.807) is 0 Å². The molecule has 0 aromatic heterocycles. The fourth-order valence-corrected chi connectivity index (χ4v) is 2.50. The number of hydrogen-bond acceptors (Lipinski definition) is 3. The minimum absolute atomic E-state index is 0.0141. The predicted octanol–water partition coefficient (Wildman–Crippen LogP) is 1.99. The van der Waals surface area contributed by atoms with Crippen LogP contribution >= 0.6 is 15.9 Å². The zero-order chi connectivity index (χ0) is 13.8. The van der Waals surface area contributed by atoms with Crippen molar-refractivity contribution >= 4 is 21.8 Å². The van der Waals surface area contributed by atoms with E-state index >= 15 is 0 Å². The van der Waals surface area contributed by atoms with Crippen molar-refractivity contribution in [3.8, 4) is 0 Å². The maximum Gasteiger partial charge on any atom is 0.227 e. The maximum absolute atomic E-state index is 12.2. The number of hydrogen-bond donors (Lipinski definition) is 2. The van der Waals surface area contributed by atoms with Crippen LogP contribution in [0.4, 0.5) is 0 Å².